The molecule has 4 saturated carbocycles. The molecule has 1 N–H and O–H groups in total. The molecule has 1 aliphatic heterocycles. The first-order valence-corrected chi connectivity index (χ1v) is 14.1. The minimum absolute atomic E-state index is 0.156. The molecule has 5 aliphatic rings. The Balaban J connectivity index is 1.37. The van der Waals surface area contributed by atoms with E-state index in [0.29, 0.717) is 36.4 Å². The number of aryl methyl sites for hydroxylation is 1. The smallest absolute Gasteiger partial charge is 0.247 e. The van der Waals surface area contributed by atoms with Crippen molar-refractivity contribution >= 4 is 27.5 Å². The molecular formula is C26H37N3O4S. The van der Waals surface area contributed by atoms with E-state index in [-0.39, 0.29) is 22.1 Å². The number of likely N-dealkylation sites (tertiary alicyclic amines) is 1. The average Bonchev–Trinajstić information content (AvgIpc) is 3.25. The van der Waals surface area contributed by atoms with Crippen LogP contribution in [-0.2, 0) is 19.6 Å². The van der Waals surface area contributed by atoms with Gasteiger partial charge >= 0.3 is 0 Å². The Morgan fingerprint density at radius 3 is 2.18 bits per heavy atom. The van der Waals surface area contributed by atoms with Crippen molar-refractivity contribution in [2.45, 2.75) is 76.2 Å². The second-order valence-electron chi connectivity index (χ2n) is 11.5. The topological polar surface area (TPSA) is 86.8 Å². The number of benzene rings is 1. The van der Waals surface area contributed by atoms with Gasteiger partial charge in [0.15, 0.2) is 0 Å². The maximum Gasteiger partial charge on any atom is 0.247 e. The number of nitrogens with one attached hydrogen (secondary N) is 1. The Morgan fingerprint density at radius 1 is 1.03 bits per heavy atom. The van der Waals surface area contributed by atoms with E-state index in [9.17, 15) is 18.0 Å². The van der Waals surface area contributed by atoms with Gasteiger partial charge in [0, 0.05) is 26.3 Å². The minimum Gasteiger partial charge on any atom is -0.330 e. The largest absolute Gasteiger partial charge is 0.330 e. The van der Waals surface area contributed by atoms with Gasteiger partial charge in [-0.05, 0) is 106 Å². The third-order valence-electron chi connectivity index (χ3n) is 8.99. The monoisotopic (exact) mass is 487 g/mol. The second kappa shape index (κ2) is 8.33. The van der Waals surface area contributed by atoms with Crippen LogP contribution in [0.5, 0.6) is 0 Å². The van der Waals surface area contributed by atoms with Crippen molar-refractivity contribution in [3.05, 3.63) is 23.3 Å². The van der Waals surface area contributed by atoms with Crippen molar-refractivity contribution in [1.29, 1.82) is 0 Å². The summed E-state index contributed by atoms with van der Waals surface area (Å²) < 4.78 is 26.6. The zero-order valence-electron chi connectivity index (χ0n) is 20.8. The first-order valence-electron chi connectivity index (χ1n) is 12.7. The van der Waals surface area contributed by atoms with Crippen LogP contribution in [0.3, 0.4) is 0 Å². The van der Waals surface area contributed by atoms with Crippen LogP contribution >= 0.6 is 0 Å². The number of carbonyl (C=O) groups is 2. The molecule has 4 aliphatic carbocycles. The van der Waals surface area contributed by atoms with E-state index in [0.717, 1.165) is 36.8 Å². The van der Waals surface area contributed by atoms with E-state index in [2.05, 4.69) is 5.32 Å². The van der Waals surface area contributed by atoms with Crippen LogP contribution in [0.4, 0.5) is 5.69 Å². The normalized spacial score (nSPS) is 32.4. The Bertz CT molecular complexity index is 1090. The number of hydrogen-bond acceptors (Lipinski definition) is 4. The van der Waals surface area contributed by atoms with E-state index in [4.69, 9.17) is 0 Å². The van der Waals surface area contributed by atoms with Crippen LogP contribution in [0.15, 0.2) is 17.0 Å². The molecule has 5 fully saturated rings. The maximum atomic E-state index is 13.9. The molecule has 0 radical (unpaired) electrons. The summed E-state index contributed by atoms with van der Waals surface area (Å²) in [6.07, 6.45) is 8.28. The highest BCUT2D eigenvalue weighted by molar-refractivity contribution is 7.89. The second-order valence-corrected chi connectivity index (χ2v) is 13.7. The minimum atomic E-state index is -3.63. The molecule has 2 amide bonds. The van der Waals surface area contributed by atoms with Crippen LogP contribution in [0.2, 0.25) is 0 Å². The molecule has 1 unspecified atom stereocenters. The third kappa shape index (κ3) is 3.87. The van der Waals surface area contributed by atoms with Crippen LogP contribution in [-0.4, -0.2) is 56.1 Å². The highest BCUT2D eigenvalue weighted by atomic mass is 32.2. The molecule has 7 nitrogen and oxygen atoms in total. The van der Waals surface area contributed by atoms with Gasteiger partial charge in [-0.25, -0.2) is 12.7 Å². The van der Waals surface area contributed by atoms with E-state index < -0.39 is 16.1 Å². The molecular weight excluding hydrogens is 450 g/mol. The summed E-state index contributed by atoms with van der Waals surface area (Å²) in [5.41, 5.74) is 1.87. The summed E-state index contributed by atoms with van der Waals surface area (Å²) in [7, 11) is -0.636. The fraction of sp³-hybridized carbons (Fsp3) is 0.692. The predicted octanol–water partition coefficient (Wildman–Crippen LogP) is 3.70. The summed E-state index contributed by atoms with van der Waals surface area (Å²) in [6.45, 7) is 4.36. The fourth-order valence-electron chi connectivity index (χ4n) is 7.49. The number of rotatable bonds is 5. The van der Waals surface area contributed by atoms with Crippen molar-refractivity contribution in [2.24, 2.45) is 23.2 Å². The number of anilines is 1. The highest BCUT2D eigenvalue weighted by Gasteiger charge is 2.56. The number of sulfonamides is 1. The van der Waals surface area contributed by atoms with E-state index >= 15 is 0 Å². The molecule has 1 atom stereocenters. The number of carbonyl (C=O) groups excluding carboxylic acids is 2. The van der Waals surface area contributed by atoms with Crippen molar-refractivity contribution < 1.29 is 18.0 Å². The molecule has 186 valence electrons. The van der Waals surface area contributed by atoms with Gasteiger partial charge in [0.1, 0.15) is 6.04 Å². The molecule has 4 bridgehead atoms. The Labute approximate surface area is 203 Å². The predicted molar refractivity (Wildman–Crippen MR) is 131 cm³/mol. The molecule has 34 heavy (non-hydrogen) atoms. The van der Waals surface area contributed by atoms with Gasteiger partial charge in [0.2, 0.25) is 21.8 Å². The van der Waals surface area contributed by atoms with E-state index in [1.54, 1.807) is 6.07 Å². The van der Waals surface area contributed by atoms with Gasteiger partial charge < -0.3 is 10.2 Å². The number of hydrogen-bond donors (Lipinski definition) is 1. The van der Waals surface area contributed by atoms with Gasteiger partial charge in [-0.15, -0.1) is 0 Å². The zero-order valence-corrected chi connectivity index (χ0v) is 21.6. The van der Waals surface area contributed by atoms with Gasteiger partial charge in [-0.2, -0.15) is 0 Å². The van der Waals surface area contributed by atoms with E-state index in [1.807, 2.05) is 18.7 Å². The first kappa shape index (κ1) is 23.8. The van der Waals surface area contributed by atoms with Crippen LogP contribution in [0.1, 0.15) is 62.5 Å². The summed E-state index contributed by atoms with van der Waals surface area (Å²) in [5.74, 6) is 2.02. The van der Waals surface area contributed by atoms with Crippen molar-refractivity contribution in [1.82, 2.24) is 9.21 Å². The molecule has 6 rings (SSSR count). The highest BCUT2D eigenvalue weighted by Crippen LogP contribution is 2.60. The summed E-state index contributed by atoms with van der Waals surface area (Å²) in [4.78, 5) is 29.4. The molecule has 0 aromatic heterocycles. The SMILES string of the molecule is Cc1cc(S(=O)(=O)N(C)C)cc(NC(=O)C2CCCN2C(=O)C23CC4CC(CC(C4)C2)C3)c1C. The van der Waals surface area contributed by atoms with Gasteiger partial charge in [-0.1, -0.05) is 0 Å². The summed E-state index contributed by atoms with van der Waals surface area (Å²) in [6, 6.07) is 2.68. The molecule has 1 aromatic carbocycles. The standard InChI is InChI=1S/C26H37N3O4S/c1-16-8-21(34(32,33)28(3)4)12-22(17(16)2)27-24(30)23-6-5-7-29(23)25(31)26-13-18-9-19(14-26)11-20(10-18)15-26/h8,12,18-20,23H,5-7,9-11,13-15H2,1-4H3,(H,27,30). The lowest BCUT2D eigenvalue weighted by Gasteiger charge is -2.56. The van der Waals surface area contributed by atoms with Crippen LogP contribution < -0.4 is 5.32 Å². The Morgan fingerprint density at radius 2 is 1.62 bits per heavy atom. The quantitative estimate of drug-likeness (QED) is 0.686. The number of amides is 2. The lowest BCUT2D eigenvalue weighted by Crippen LogP contribution is -2.56. The van der Waals surface area contributed by atoms with Crippen LogP contribution in [0, 0.1) is 37.0 Å². The average molecular weight is 488 g/mol. The summed E-state index contributed by atoms with van der Waals surface area (Å²) >= 11 is 0. The Kier molecular flexibility index (Phi) is 5.83. The third-order valence-corrected chi connectivity index (χ3v) is 10.8. The van der Waals surface area contributed by atoms with Gasteiger partial charge in [0.05, 0.1) is 10.3 Å². The first-order chi connectivity index (χ1) is 16.0. The Hall–Kier alpha value is -1.93. The van der Waals surface area contributed by atoms with E-state index in [1.165, 1.54) is 43.7 Å². The molecule has 8 heteroatoms. The van der Waals surface area contributed by atoms with Gasteiger partial charge in [-0.3, -0.25) is 9.59 Å². The van der Waals surface area contributed by atoms with Crippen molar-refractivity contribution in [3.8, 4) is 0 Å². The molecule has 1 heterocycles. The summed E-state index contributed by atoms with van der Waals surface area (Å²) in [5, 5.41) is 2.99. The maximum absolute atomic E-state index is 13.9. The van der Waals surface area contributed by atoms with Crippen molar-refractivity contribution in [2.75, 3.05) is 26.0 Å². The van der Waals surface area contributed by atoms with Crippen molar-refractivity contribution in [3.63, 3.8) is 0 Å². The van der Waals surface area contributed by atoms with Gasteiger partial charge in [0.25, 0.3) is 0 Å². The number of nitrogens with zero attached hydrogens (tertiary/aromatic N) is 2. The molecule has 1 aromatic rings. The lowest BCUT2D eigenvalue weighted by atomic mass is 9.49. The zero-order chi connectivity index (χ0) is 24.4. The van der Waals surface area contributed by atoms with Crippen LogP contribution in [0.25, 0.3) is 0 Å². The fourth-order valence-corrected chi connectivity index (χ4v) is 8.51. The lowest BCUT2D eigenvalue weighted by molar-refractivity contribution is -0.160. The molecule has 1 saturated heterocycles. The molecule has 0 spiro atoms.